The van der Waals surface area contributed by atoms with Crippen LogP contribution in [0.3, 0.4) is 0 Å². The first-order chi connectivity index (χ1) is 13.3. The molecule has 4 rings (SSSR count). The van der Waals surface area contributed by atoms with E-state index in [1.165, 1.54) is 4.31 Å². The van der Waals surface area contributed by atoms with Crippen LogP contribution in [0.2, 0.25) is 5.02 Å². The van der Waals surface area contributed by atoms with Crippen LogP contribution in [0.15, 0.2) is 54.9 Å². The van der Waals surface area contributed by atoms with Crippen LogP contribution in [-0.4, -0.2) is 36.4 Å². The summed E-state index contributed by atoms with van der Waals surface area (Å²) in [6.45, 7) is 0.293. The van der Waals surface area contributed by atoms with E-state index in [1.54, 1.807) is 30.6 Å². The maximum Gasteiger partial charge on any atom is 0.233 e. The smallest absolute Gasteiger partial charge is 0.233 e. The fraction of sp³-hybridized carbons (Fsp3) is 0.200. The molecule has 0 radical (unpaired) electrons. The maximum absolute atomic E-state index is 13.2. The summed E-state index contributed by atoms with van der Waals surface area (Å²) in [4.78, 5) is 17.3. The Hall–Kier alpha value is -2.48. The number of nitrogens with one attached hydrogen (secondary N) is 1. The summed E-state index contributed by atoms with van der Waals surface area (Å²) in [7, 11) is -3.44. The molecule has 1 atom stereocenters. The minimum absolute atomic E-state index is 0.0657. The summed E-state index contributed by atoms with van der Waals surface area (Å²) >= 11 is 6.14. The Morgan fingerprint density at radius 2 is 2.00 bits per heavy atom. The van der Waals surface area contributed by atoms with Crippen LogP contribution in [0.4, 0.5) is 5.69 Å². The van der Waals surface area contributed by atoms with Crippen molar-refractivity contribution in [3.05, 3.63) is 71.0 Å². The average Bonchev–Trinajstić information content (AvgIpc) is 2.66. The summed E-state index contributed by atoms with van der Waals surface area (Å²) in [5.74, 6) is -0.967. The van der Waals surface area contributed by atoms with E-state index in [1.807, 2.05) is 24.3 Å². The molecule has 0 fully saturated rings. The molecule has 0 bridgehead atoms. The minimum atomic E-state index is -3.44. The molecule has 144 valence electrons. The molecule has 2 heterocycles. The average molecular weight is 416 g/mol. The van der Waals surface area contributed by atoms with Gasteiger partial charge in [-0.1, -0.05) is 41.9 Å². The van der Waals surface area contributed by atoms with E-state index >= 15 is 0 Å². The standard InChI is InChI=1S/C20H18ClN3O3S/c1-28(26,27)24-11-14-6-7-15(21)8-17(14)18(12-24)20(25)23-19-10-22-9-13-4-2-3-5-16(13)19/h2-10,18H,11-12H2,1H3,(H,23,25)/t18-/m1/s1. The van der Waals surface area contributed by atoms with Crippen LogP contribution >= 0.6 is 11.6 Å². The maximum atomic E-state index is 13.2. The van der Waals surface area contributed by atoms with Crippen molar-refractivity contribution in [3.8, 4) is 0 Å². The van der Waals surface area contributed by atoms with Crippen LogP contribution in [0, 0.1) is 0 Å². The van der Waals surface area contributed by atoms with E-state index in [0.717, 1.165) is 28.2 Å². The second kappa shape index (κ2) is 7.16. The first kappa shape index (κ1) is 18.9. The van der Waals surface area contributed by atoms with Crippen LogP contribution in [0.1, 0.15) is 17.0 Å². The summed E-state index contributed by atoms with van der Waals surface area (Å²) in [5.41, 5.74) is 2.11. The molecule has 3 aromatic rings. The van der Waals surface area contributed by atoms with Gasteiger partial charge < -0.3 is 5.32 Å². The van der Waals surface area contributed by atoms with Gasteiger partial charge in [0.2, 0.25) is 15.9 Å². The van der Waals surface area contributed by atoms with Crippen molar-refractivity contribution in [3.63, 3.8) is 0 Å². The number of rotatable bonds is 3. The van der Waals surface area contributed by atoms with E-state index in [0.29, 0.717) is 10.7 Å². The highest BCUT2D eigenvalue weighted by molar-refractivity contribution is 7.88. The molecule has 28 heavy (non-hydrogen) atoms. The van der Waals surface area contributed by atoms with Gasteiger partial charge in [-0.25, -0.2) is 8.42 Å². The van der Waals surface area contributed by atoms with Crippen LogP contribution in [0.5, 0.6) is 0 Å². The Labute approximate surface area is 168 Å². The molecule has 0 aliphatic carbocycles. The largest absolute Gasteiger partial charge is 0.324 e. The number of anilines is 1. The number of pyridine rings is 1. The number of hydrogen-bond acceptors (Lipinski definition) is 4. The van der Waals surface area contributed by atoms with Crippen molar-refractivity contribution in [1.82, 2.24) is 9.29 Å². The third-order valence-corrected chi connectivity index (χ3v) is 6.38. The molecule has 0 spiro atoms. The fourth-order valence-corrected chi connectivity index (χ4v) is 4.48. The van der Waals surface area contributed by atoms with Gasteiger partial charge in [0.1, 0.15) is 0 Å². The lowest BCUT2D eigenvalue weighted by atomic mass is 9.90. The molecular formula is C20H18ClN3O3S. The molecule has 1 N–H and O–H groups in total. The highest BCUT2D eigenvalue weighted by Crippen LogP contribution is 2.33. The zero-order valence-corrected chi connectivity index (χ0v) is 16.7. The third-order valence-electron chi connectivity index (χ3n) is 4.93. The number of benzene rings is 2. The number of halogens is 1. The Balaban J connectivity index is 1.72. The van der Waals surface area contributed by atoms with Gasteiger partial charge in [0.25, 0.3) is 0 Å². The van der Waals surface area contributed by atoms with E-state index in [4.69, 9.17) is 11.6 Å². The monoisotopic (exact) mass is 415 g/mol. The second-order valence-corrected chi connectivity index (χ2v) is 9.27. The first-order valence-electron chi connectivity index (χ1n) is 8.70. The predicted octanol–water partition coefficient (Wildman–Crippen LogP) is 3.39. The van der Waals surface area contributed by atoms with E-state index in [-0.39, 0.29) is 19.0 Å². The molecule has 1 aliphatic rings. The number of carbonyl (C=O) groups is 1. The summed E-state index contributed by atoms with van der Waals surface area (Å²) in [6, 6.07) is 12.8. The van der Waals surface area contributed by atoms with Gasteiger partial charge in [-0.2, -0.15) is 4.31 Å². The molecule has 1 amide bonds. The number of amides is 1. The van der Waals surface area contributed by atoms with Crippen LogP contribution in [0.25, 0.3) is 10.8 Å². The Morgan fingerprint density at radius 3 is 2.79 bits per heavy atom. The number of hydrogen-bond donors (Lipinski definition) is 1. The minimum Gasteiger partial charge on any atom is -0.324 e. The third kappa shape index (κ3) is 3.61. The summed E-state index contributed by atoms with van der Waals surface area (Å²) < 4.78 is 25.6. The van der Waals surface area contributed by atoms with Crippen LogP contribution < -0.4 is 5.32 Å². The molecule has 1 aromatic heterocycles. The lowest BCUT2D eigenvalue weighted by Gasteiger charge is -2.32. The Morgan fingerprint density at radius 1 is 1.21 bits per heavy atom. The lowest BCUT2D eigenvalue weighted by molar-refractivity contribution is -0.118. The van der Waals surface area contributed by atoms with Gasteiger partial charge in [-0.15, -0.1) is 0 Å². The van der Waals surface area contributed by atoms with Crippen molar-refractivity contribution in [2.75, 3.05) is 18.1 Å². The zero-order chi connectivity index (χ0) is 19.9. The van der Waals surface area contributed by atoms with Gasteiger partial charge >= 0.3 is 0 Å². The molecule has 0 saturated carbocycles. The molecule has 6 nitrogen and oxygen atoms in total. The molecule has 0 saturated heterocycles. The fourth-order valence-electron chi connectivity index (χ4n) is 3.50. The lowest BCUT2D eigenvalue weighted by Crippen LogP contribution is -2.41. The van der Waals surface area contributed by atoms with E-state index in [2.05, 4.69) is 10.3 Å². The van der Waals surface area contributed by atoms with Gasteiger partial charge in [-0.3, -0.25) is 9.78 Å². The molecule has 2 aromatic carbocycles. The normalized spacial score (nSPS) is 17.3. The number of aromatic nitrogens is 1. The Bertz CT molecular complexity index is 1180. The Kier molecular flexibility index (Phi) is 4.82. The number of fused-ring (bicyclic) bond motifs is 2. The van der Waals surface area contributed by atoms with Gasteiger partial charge in [0.05, 0.1) is 24.1 Å². The predicted molar refractivity (Wildman–Crippen MR) is 110 cm³/mol. The van der Waals surface area contributed by atoms with Gasteiger partial charge in [-0.05, 0) is 23.3 Å². The summed E-state index contributed by atoms with van der Waals surface area (Å²) in [6.07, 6.45) is 4.47. The quantitative estimate of drug-likeness (QED) is 0.711. The van der Waals surface area contributed by atoms with Crippen LogP contribution in [-0.2, 0) is 21.4 Å². The van der Waals surface area contributed by atoms with Crippen molar-refractivity contribution < 1.29 is 13.2 Å². The molecule has 0 unspecified atom stereocenters. The van der Waals surface area contributed by atoms with Crippen molar-refractivity contribution in [2.45, 2.75) is 12.5 Å². The highest BCUT2D eigenvalue weighted by Gasteiger charge is 2.34. The number of sulfonamides is 1. The zero-order valence-electron chi connectivity index (χ0n) is 15.1. The number of nitrogens with zero attached hydrogens (tertiary/aromatic N) is 2. The van der Waals surface area contributed by atoms with Crippen molar-refractivity contribution in [1.29, 1.82) is 0 Å². The second-order valence-electron chi connectivity index (χ2n) is 6.85. The topological polar surface area (TPSA) is 79.4 Å². The molecule has 8 heteroatoms. The van der Waals surface area contributed by atoms with Crippen molar-refractivity contribution in [2.24, 2.45) is 0 Å². The molecule has 1 aliphatic heterocycles. The highest BCUT2D eigenvalue weighted by atomic mass is 35.5. The first-order valence-corrected chi connectivity index (χ1v) is 10.9. The van der Waals surface area contributed by atoms with E-state index < -0.39 is 15.9 Å². The van der Waals surface area contributed by atoms with Crippen molar-refractivity contribution >= 4 is 44.0 Å². The summed E-state index contributed by atoms with van der Waals surface area (Å²) in [5, 5.41) is 5.21. The van der Waals surface area contributed by atoms with Gasteiger partial charge in [0, 0.05) is 35.1 Å². The van der Waals surface area contributed by atoms with E-state index in [9.17, 15) is 13.2 Å². The number of carbonyl (C=O) groups excluding carboxylic acids is 1. The SMILES string of the molecule is CS(=O)(=O)N1Cc2ccc(Cl)cc2[C@H](C(=O)Nc2cncc3ccccc23)C1. The molecular weight excluding hydrogens is 398 g/mol. The van der Waals surface area contributed by atoms with Gasteiger partial charge in [0.15, 0.2) is 0 Å².